The molecular weight excluding hydrogens is 388 g/mol. The number of hydrogen-bond donors (Lipinski definition) is 0. The molecule has 0 bridgehead atoms. The Hall–Kier alpha value is -3.33. The van der Waals surface area contributed by atoms with Gasteiger partial charge in [0.15, 0.2) is 0 Å². The van der Waals surface area contributed by atoms with Crippen LogP contribution < -0.4 is 0 Å². The van der Waals surface area contributed by atoms with Crippen molar-refractivity contribution in [2.45, 2.75) is 45.4 Å². The molecule has 0 radical (unpaired) electrons. The van der Waals surface area contributed by atoms with Gasteiger partial charge in [0, 0.05) is 42.7 Å². The zero-order valence-electron chi connectivity index (χ0n) is 18.6. The van der Waals surface area contributed by atoms with E-state index in [0.717, 1.165) is 59.9 Å². The van der Waals surface area contributed by atoms with Crippen LogP contribution in [0.1, 0.15) is 51.4 Å². The maximum atomic E-state index is 12.2. The number of nitrogens with zero attached hydrogens (tertiary/aromatic N) is 4. The van der Waals surface area contributed by atoms with Gasteiger partial charge in [0.1, 0.15) is 11.8 Å². The number of carbonyl (C=O) groups excluding carboxylic acids is 1. The minimum absolute atomic E-state index is 0.157. The normalized spacial score (nSPS) is 14.3. The molecule has 1 aliphatic rings. The predicted molar refractivity (Wildman–Crippen MR) is 121 cm³/mol. The first-order chi connectivity index (χ1) is 14.8. The topological polar surface area (TPSA) is 60.3 Å². The summed E-state index contributed by atoms with van der Waals surface area (Å²) in [5.41, 5.74) is 3.54. The molecule has 1 fully saturated rings. The Bertz CT molecular complexity index is 1170. The van der Waals surface area contributed by atoms with E-state index >= 15 is 0 Å². The Morgan fingerprint density at radius 2 is 1.87 bits per heavy atom. The molecule has 1 aliphatic heterocycles. The maximum absolute atomic E-state index is 12.2. The third-order valence-corrected chi connectivity index (χ3v) is 5.51. The van der Waals surface area contributed by atoms with Crippen LogP contribution in [0.4, 0.5) is 4.79 Å². The molecule has 3 heterocycles. The number of aromatic nitrogens is 3. The van der Waals surface area contributed by atoms with Gasteiger partial charge in [-0.1, -0.05) is 32.9 Å². The van der Waals surface area contributed by atoms with Crippen molar-refractivity contribution in [2.75, 3.05) is 13.1 Å². The zero-order chi connectivity index (χ0) is 22.0. The predicted octanol–water partition coefficient (Wildman–Crippen LogP) is 4.86. The van der Waals surface area contributed by atoms with Crippen LogP contribution in [0.3, 0.4) is 0 Å². The van der Waals surface area contributed by atoms with Gasteiger partial charge in [-0.2, -0.15) is 5.10 Å². The second kappa shape index (κ2) is 8.43. The number of fused-ring (bicyclic) bond motifs is 1. The average Bonchev–Trinajstić information content (AvgIpc) is 3.19. The van der Waals surface area contributed by atoms with Crippen molar-refractivity contribution in [2.24, 2.45) is 7.05 Å². The van der Waals surface area contributed by atoms with E-state index in [1.165, 1.54) is 0 Å². The molecule has 1 aromatic carbocycles. The molecule has 0 spiro atoms. The van der Waals surface area contributed by atoms with Gasteiger partial charge in [0.2, 0.25) is 0 Å². The van der Waals surface area contributed by atoms with Gasteiger partial charge >= 0.3 is 6.09 Å². The molecule has 4 rings (SSSR count). The van der Waals surface area contributed by atoms with E-state index in [2.05, 4.69) is 56.1 Å². The summed E-state index contributed by atoms with van der Waals surface area (Å²) >= 11 is 0. The maximum Gasteiger partial charge on any atom is 0.423 e. The fourth-order valence-corrected chi connectivity index (χ4v) is 3.91. The molecule has 0 aliphatic carbocycles. The van der Waals surface area contributed by atoms with E-state index in [0.29, 0.717) is 5.69 Å². The highest BCUT2D eigenvalue weighted by molar-refractivity contribution is 5.90. The lowest BCUT2D eigenvalue weighted by molar-refractivity contribution is 0.134. The monoisotopic (exact) mass is 416 g/mol. The average molecular weight is 417 g/mol. The Labute approximate surface area is 183 Å². The lowest BCUT2D eigenvalue weighted by Crippen LogP contribution is -2.35. The van der Waals surface area contributed by atoms with Gasteiger partial charge in [-0.25, -0.2) is 9.78 Å². The molecule has 0 N–H and O–H groups in total. The van der Waals surface area contributed by atoms with Crippen LogP contribution in [0.5, 0.6) is 0 Å². The molecular formula is C25H28N4O2. The highest BCUT2D eigenvalue weighted by Crippen LogP contribution is 2.31. The third-order valence-electron chi connectivity index (χ3n) is 5.51. The van der Waals surface area contributed by atoms with Gasteiger partial charge in [0.25, 0.3) is 0 Å². The fourth-order valence-electron chi connectivity index (χ4n) is 3.91. The van der Waals surface area contributed by atoms with Crippen LogP contribution in [0.2, 0.25) is 0 Å². The molecule has 3 aromatic rings. The summed E-state index contributed by atoms with van der Waals surface area (Å²) in [7, 11) is 1.91. The van der Waals surface area contributed by atoms with Gasteiger partial charge < -0.3 is 9.64 Å². The highest BCUT2D eigenvalue weighted by Gasteiger charge is 2.20. The van der Waals surface area contributed by atoms with E-state index in [4.69, 9.17) is 9.72 Å². The molecule has 0 unspecified atom stereocenters. The standard InChI is InChI=1S/C25H28N4O2/c1-25(2,3)23-22-9-8-18(20-16-26-28(4)17-20)14-19(22)15-21(27-23)10-13-31-24(30)29-11-6-5-7-12-29/h8-9,14-17H,5-7,11-12H2,1-4H3. The molecule has 160 valence electrons. The van der Waals surface area contributed by atoms with E-state index in [-0.39, 0.29) is 11.5 Å². The summed E-state index contributed by atoms with van der Waals surface area (Å²) in [6, 6.07) is 8.29. The minimum Gasteiger partial charge on any atom is -0.355 e. The number of rotatable bonds is 1. The van der Waals surface area contributed by atoms with E-state index < -0.39 is 0 Å². The number of aryl methyl sites for hydroxylation is 1. The van der Waals surface area contributed by atoms with Gasteiger partial charge in [0.05, 0.1) is 11.9 Å². The number of piperidine rings is 1. The Morgan fingerprint density at radius 3 is 2.55 bits per heavy atom. The Kier molecular flexibility index (Phi) is 5.69. The molecule has 6 nitrogen and oxygen atoms in total. The van der Waals surface area contributed by atoms with Crippen LogP contribution in [-0.2, 0) is 17.2 Å². The van der Waals surface area contributed by atoms with Crippen molar-refractivity contribution in [1.82, 2.24) is 19.7 Å². The van der Waals surface area contributed by atoms with E-state index in [1.54, 1.807) is 9.58 Å². The fraction of sp³-hybridized carbons (Fsp3) is 0.400. The zero-order valence-corrected chi connectivity index (χ0v) is 18.6. The number of pyridine rings is 1. The first-order valence-electron chi connectivity index (χ1n) is 10.7. The van der Waals surface area contributed by atoms with Crippen LogP contribution in [-0.4, -0.2) is 38.8 Å². The molecule has 1 amide bonds. The molecule has 2 aromatic heterocycles. The lowest BCUT2D eigenvalue weighted by atomic mass is 9.87. The molecule has 0 atom stereocenters. The SMILES string of the molecule is Cn1cc(-c2ccc3c(C(C)(C)C)nc(C#COC(=O)N4CCCCC4)cc3c2)cn1. The van der Waals surface area contributed by atoms with Crippen molar-refractivity contribution >= 4 is 16.9 Å². The number of likely N-dealkylation sites (tertiary alicyclic amines) is 1. The second-order valence-corrected chi connectivity index (χ2v) is 9.09. The molecule has 0 saturated carbocycles. The first-order valence-corrected chi connectivity index (χ1v) is 10.7. The summed E-state index contributed by atoms with van der Waals surface area (Å²) < 4.78 is 6.99. The van der Waals surface area contributed by atoms with Gasteiger partial charge in [-0.3, -0.25) is 4.68 Å². The summed E-state index contributed by atoms with van der Waals surface area (Å²) in [4.78, 5) is 18.7. The largest absolute Gasteiger partial charge is 0.423 e. The third kappa shape index (κ3) is 4.72. The Morgan fingerprint density at radius 1 is 1.10 bits per heavy atom. The van der Waals surface area contributed by atoms with Crippen molar-refractivity contribution in [3.63, 3.8) is 0 Å². The molecule has 6 heteroatoms. The van der Waals surface area contributed by atoms with E-state index in [9.17, 15) is 4.79 Å². The number of hydrogen-bond acceptors (Lipinski definition) is 4. The number of carbonyl (C=O) groups is 1. The van der Waals surface area contributed by atoms with Crippen LogP contribution in [0.15, 0.2) is 36.7 Å². The number of amides is 1. The smallest absolute Gasteiger partial charge is 0.355 e. The van der Waals surface area contributed by atoms with Gasteiger partial charge in [-0.15, -0.1) is 0 Å². The highest BCUT2D eigenvalue weighted by atomic mass is 16.5. The summed E-state index contributed by atoms with van der Waals surface area (Å²) in [5, 5.41) is 6.41. The number of benzene rings is 1. The molecule has 31 heavy (non-hydrogen) atoms. The minimum atomic E-state index is -0.372. The number of ether oxygens (including phenoxy) is 1. The quantitative estimate of drug-likeness (QED) is 0.531. The van der Waals surface area contributed by atoms with Crippen molar-refractivity contribution in [3.05, 3.63) is 48.0 Å². The summed E-state index contributed by atoms with van der Waals surface area (Å²) in [6.45, 7) is 7.88. The first kappa shape index (κ1) is 20.9. The second-order valence-electron chi connectivity index (χ2n) is 9.09. The van der Waals surface area contributed by atoms with Gasteiger partial charge in [-0.05, 0) is 48.3 Å². The van der Waals surface area contributed by atoms with Crippen molar-refractivity contribution in [3.8, 4) is 23.2 Å². The summed E-state index contributed by atoms with van der Waals surface area (Å²) in [5.74, 6) is 2.94. The van der Waals surface area contributed by atoms with Crippen LogP contribution in [0.25, 0.3) is 21.9 Å². The molecule has 1 saturated heterocycles. The van der Waals surface area contributed by atoms with Crippen molar-refractivity contribution in [1.29, 1.82) is 0 Å². The summed E-state index contributed by atoms with van der Waals surface area (Å²) in [6.07, 6.45) is 9.24. The van der Waals surface area contributed by atoms with E-state index in [1.807, 2.05) is 25.5 Å². The van der Waals surface area contributed by atoms with Crippen LogP contribution in [0, 0.1) is 12.0 Å². The van der Waals surface area contributed by atoms with Crippen molar-refractivity contribution < 1.29 is 9.53 Å². The van der Waals surface area contributed by atoms with Crippen LogP contribution >= 0.6 is 0 Å². The lowest BCUT2D eigenvalue weighted by Gasteiger charge is -2.24. The Balaban J connectivity index is 1.67.